The lowest BCUT2D eigenvalue weighted by Gasteiger charge is -2.13. The number of hydrogen-bond acceptors (Lipinski definition) is 2. The van der Waals surface area contributed by atoms with Gasteiger partial charge in [-0.2, -0.15) is 0 Å². The van der Waals surface area contributed by atoms with Crippen molar-refractivity contribution in [1.82, 2.24) is 5.32 Å². The first kappa shape index (κ1) is 12.8. The number of nitrogens with one attached hydrogen (secondary N) is 1. The molecule has 0 saturated heterocycles. The Morgan fingerprint density at radius 3 is 2.65 bits per heavy atom. The van der Waals surface area contributed by atoms with Crippen molar-refractivity contribution in [3.8, 4) is 0 Å². The Hall–Kier alpha value is -0.640. The van der Waals surface area contributed by atoms with Crippen molar-refractivity contribution < 1.29 is 0 Å². The lowest BCUT2D eigenvalue weighted by atomic mass is 10.1. The van der Waals surface area contributed by atoms with E-state index in [-0.39, 0.29) is 0 Å². The topological polar surface area (TPSA) is 12.0 Å². The van der Waals surface area contributed by atoms with E-state index < -0.39 is 0 Å². The minimum atomic E-state index is 0.498. The van der Waals surface area contributed by atoms with E-state index in [0.717, 1.165) is 17.4 Å². The second-order valence-electron chi connectivity index (χ2n) is 4.19. The van der Waals surface area contributed by atoms with Crippen LogP contribution in [0.5, 0.6) is 0 Å². The maximum Gasteiger partial charge on any atom is 0.0302 e. The molecule has 0 saturated carbocycles. The summed E-state index contributed by atoms with van der Waals surface area (Å²) in [5, 5.41) is 5.67. The van der Waals surface area contributed by atoms with Crippen molar-refractivity contribution in [2.45, 2.75) is 25.9 Å². The van der Waals surface area contributed by atoms with Crippen molar-refractivity contribution in [1.29, 1.82) is 0 Å². The summed E-state index contributed by atoms with van der Waals surface area (Å²) >= 11 is 5.26. The zero-order chi connectivity index (χ0) is 12.1. The Morgan fingerprint density at radius 1 is 1.24 bits per heavy atom. The van der Waals surface area contributed by atoms with Gasteiger partial charge in [-0.25, -0.2) is 0 Å². The van der Waals surface area contributed by atoms with Gasteiger partial charge in [0.1, 0.15) is 0 Å². The van der Waals surface area contributed by atoms with Crippen LogP contribution in [0.25, 0.3) is 0 Å². The number of thiophene rings is 1. The molecule has 0 fully saturated rings. The van der Waals surface area contributed by atoms with Gasteiger partial charge in [-0.15, -0.1) is 11.3 Å². The molecule has 0 radical (unpaired) electrons. The lowest BCUT2D eigenvalue weighted by Crippen LogP contribution is -2.27. The van der Waals surface area contributed by atoms with E-state index in [1.165, 1.54) is 10.4 Å². The second kappa shape index (κ2) is 6.34. The second-order valence-corrected chi connectivity index (χ2v) is 6.14. The third-order valence-electron chi connectivity index (χ3n) is 2.66. The van der Waals surface area contributed by atoms with Crippen LogP contribution in [0.15, 0.2) is 46.3 Å². The molecule has 0 aliphatic carbocycles. The zero-order valence-corrected chi connectivity index (χ0v) is 12.2. The fraction of sp³-hybridized carbons (Fsp3) is 0.286. The summed E-state index contributed by atoms with van der Waals surface area (Å²) in [7, 11) is 0. The highest BCUT2D eigenvalue weighted by atomic mass is 79.9. The van der Waals surface area contributed by atoms with E-state index in [9.17, 15) is 0 Å². The van der Waals surface area contributed by atoms with Crippen molar-refractivity contribution in [2.24, 2.45) is 0 Å². The van der Waals surface area contributed by atoms with Gasteiger partial charge < -0.3 is 5.32 Å². The van der Waals surface area contributed by atoms with Crippen LogP contribution in [0.4, 0.5) is 0 Å². The minimum Gasteiger partial charge on any atom is -0.309 e. The van der Waals surface area contributed by atoms with E-state index in [1.807, 2.05) is 0 Å². The summed E-state index contributed by atoms with van der Waals surface area (Å²) in [5.74, 6) is 0. The Labute approximate surface area is 115 Å². The van der Waals surface area contributed by atoms with E-state index >= 15 is 0 Å². The molecule has 1 aromatic heterocycles. The Kier molecular flexibility index (Phi) is 4.77. The monoisotopic (exact) mass is 309 g/mol. The highest BCUT2D eigenvalue weighted by molar-refractivity contribution is 9.10. The molecule has 0 spiro atoms. The molecule has 0 bridgehead atoms. The largest absolute Gasteiger partial charge is 0.309 e. The molecule has 0 amide bonds. The van der Waals surface area contributed by atoms with Crippen LogP contribution in [0.1, 0.15) is 17.4 Å². The number of benzene rings is 1. The normalized spacial score (nSPS) is 12.6. The van der Waals surface area contributed by atoms with Crippen molar-refractivity contribution in [3.05, 3.63) is 56.7 Å². The van der Waals surface area contributed by atoms with Gasteiger partial charge in [0.2, 0.25) is 0 Å². The van der Waals surface area contributed by atoms with Crippen molar-refractivity contribution >= 4 is 27.3 Å². The Balaban J connectivity index is 1.80. The molecule has 1 aromatic carbocycles. The molecule has 17 heavy (non-hydrogen) atoms. The van der Waals surface area contributed by atoms with Crippen molar-refractivity contribution in [3.63, 3.8) is 0 Å². The Morgan fingerprint density at radius 2 is 2.00 bits per heavy atom. The molecule has 0 aliphatic heterocycles. The lowest BCUT2D eigenvalue weighted by molar-refractivity contribution is 0.549. The van der Waals surface area contributed by atoms with Crippen LogP contribution >= 0.6 is 27.3 Å². The first-order chi connectivity index (χ1) is 8.24. The molecule has 2 rings (SSSR count). The van der Waals surface area contributed by atoms with Gasteiger partial charge >= 0.3 is 0 Å². The predicted octanol–water partition coefficient (Wildman–Crippen LogP) is 4.23. The van der Waals surface area contributed by atoms with Crippen LogP contribution in [0, 0.1) is 0 Å². The maximum atomic E-state index is 3.55. The average molecular weight is 310 g/mol. The molecular formula is C14H16BrNS. The fourth-order valence-corrected chi connectivity index (χ4v) is 2.65. The summed E-state index contributed by atoms with van der Waals surface area (Å²) in [6, 6.07) is 13.3. The SMILES string of the molecule is CC(Cc1ccc(Br)cc1)NCc1cccs1. The van der Waals surface area contributed by atoms with Gasteiger partial charge in [-0.3, -0.25) is 0 Å². The van der Waals surface area contributed by atoms with Gasteiger partial charge in [0.15, 0.2) is 0 Å². The highest BCUT2D eigenvalue weighted by Crippen LogP contribution is 2.12. The third kappa shape index (κ3) is 4.26. The van der Waals surface area contributed by atoms with Crippen LogP contribution in [0.2, 0.25) is 0 Å². The fourth-order valence-electron chi connectivity index (χ4n) is 1.73. The van der Waals surface area contributed by atoms with Gasteiger partial charge in [0.05, 0.1) is 0 Å². The number of rotatable bonds is 5. The van der Waals surface area contributed by atoms with Gasteiger partial charge in [0.25, 0.3) is 0 Å². The highest BCUT2D eigenvalue weighted by Gasteiger charge is 2.03. The van der Waals surface area contributed by atoms with Crippen LogP contribution in [-0.2, 0) is 13.0 Å². The number of hydrogen-bond donors (Lipinski definition) is 1. The van der Waals surface area contributed by atoms with E-state index in [1.54, 1.807) is 11.3 Å². The van der Waals surface area contributed by atoms with Gasteiger partial charge in [-0.05, 0) is 42.5 Å². The molecule has 0 aliphatic rings. The predicted molar refractivity (Wildman–Crippen MR) is 78.5 cm³/mol. The molecule has 1 nitrogen and oxygen atoms in total. The molecule has 1 N–H and O–H groups in total. The molecular weight excluding hydrogens is 294 g/mol. The molecule has 3 heteroatoms. The van der Waals surface area contributed by atoms with E-state index in [2.05, 4.69) is 69.9 Å². The molecule has 2 aromatic rings. The summed E-state index contributed by atoms with van der Waals surface area (Å²) < 4.78 is 1.14. The third-order valence-corrected chi connectivity index (χ3v) is 4.07. The van der Waals surface area contributed by atoms with Gasteiger partial charge in [0, 0.05) is 21.9 Å². The number of halogens is 1. The van der Waals surface area contributed by atoms with Crippen molar-refractivity contribution in [2.75, 3.05) is 0 Å². The minimum absolute atomic E-state index is 0.498. The smallest absolute Gasteiger partial charge is 0.0302 e. The molecule has 90 valence electrons. The molecule has 1 atom stereocenters. The summed E-state index contributed by atoms with van der Waals surface area (Å²) in [6.07, 6.45) is 1.07. The quantitative estimate of drug-likeness (QED) is 0.871. The standard InChI is InChI=1S/C14H16BrNS/c1-11(16-10-14-3-2-8-17-14)9-12-4-6-13(15)7-5-12/h2-8,11,16H,9-10H2,1H3. The average Bonchev–Trinajstić information content (AvgIpc) is 2.83. The Bertz CT molecular complexity index is 436. The van der Waals surface area contributed by atoms with Gasteiger partial charge in [-0.1, -0.05) is 34.1 Å². The maximum absolute atomic E-state index is 3.55. The molecule has 1 heterocycles. The van der Waals surface area contributed by atoms with Crippen LogP contribution in [-0.4, -0.2) is 6.04 Å². The summed E-state index contributed by atoms with van der Waals surface area (Å²) in [4.78, 5) is 1.40. The van der Waals surface area contributed by atoms with Crippen LogP contribution in [0.3, 0.4) is 0 Å². The zero-order valence-electron chi connectivity index (χ0n) is 9.82. The first-order valence-corrected chi connectivity index (χ1v) is 7.41. The summed E-state index contributed by atoms with van der Waals surface area (Å²) in [6.45, 7) is 3.20. The summed E-state index contributed by atoms with van der Waals surface area (Å²) in [5.41, 5.74) is 1.37. The first-order valence-electron chi connectivity index (χ1n) is 5.74. The van der Waals surface area contributed by atoms with E-state index in [4.69, 9.17) is 0 Å². The molecule has 1 unspecified atom stereocenters. The van der Waals surface area contributed by atoms with E-state index in [0.29, 0.717) is 6.04 Å². The van der Waals surface area contributed by atoms with Crippen LogP contribution < -0.4 is 5.32 Å².